The Bertz CT molecular complexity index is 1250. The molecule has 144 valence electrons. The van der Waals surface area contributed by atoms with Crippen LogP contribution in [0.3, 0.4) is 0 Å². The maximum atomic E-state index is 12.6. The highest BCUT2D eigenvalue weighted by Crippen LogP contribution is 2.26. The summed E-state index contributed by atoms with van der Waals surface area (Å²) < 4.78 is 32.9. The minimum Gasteiger partial charge on any atom is -0.446 e. The first-order valence-electron chi connectivity index (χ1n) is 8.08. The lowest BCUT2D eigenvalue weighted by atomic mass is 10.2. The number of anilines is 2. The van der Waals surface area contributed by atoms with Gasteiger partial charge in [0.1, 0.15) is 12.5 Å². The summed E-state index contributed by atoms with van der Waals surface area (Å²) in [5.41, 5.74) is 7.85. The predicted molar refractivity (Wildman–Crippen MR) is 108 cm³/mol. The highest BCUT2D eigenvalue weighted by molar-refractivity contribution is 7.92. The lowest BCUT2D eigenvalue weighted by Gasteiger charge is -2.24. The van der Waals surface area contributed by atoms with Gasteiger partial charge in [-0.1, -0.05) is 23.2 Å². The standard InChI is InChI=1S/C18H14Cl2N4O3S/c19-11-7-12(20)9-15(8-11)28(25,26)23-13-1-3-14(4-2-13)24-10-22-18-16(17(24)21)5-6-27-18/h1-9,23H,10,21H2. The fraction of sp³-hybridized carbons (Fsp3) is 0.0556. The number of rotatable bonds is 4. The normalized spacial score (nSPS) is 13.8. The molecule has 3 aromatic rings. The Morgan fingerprint density at radius 3 is 2.43 bits per heavy atom. The summed E-state index contributed by atoms with van der Waals surface area (Å²) in [7, 11) is -3.83. The zero-order chi connectivity index (χ0) is 19.9. The van der Waals surface area contributed by atoms with Crippen LogP contribution in [-0.4, -0.2) is 15.1 Å². The molecule has 0 unspecified atom stereocenters. The minimum absolute atomic E-state index is 0.0195. The fourth-order valence-electron chi connectivity index (χ4n) is 2.80. The fourth-order valence-corrected chi connectivity index (χ4v) is 4.59. The van der Waals surface area contributed by atoms with Crippen LogP contribution in [0.5, 0.6) is 0 Å². The Morgan fingerprint density at radius 1 is 1.07 bits per heavy atom. The molecular weight excluding hydrogens is 423 g/mol. The third-order valence-electron chi connectivity index (χ3n) is 4.14. The van der Waals surface area contributed by atoms with Gasteiger partial charge in [-0.25, -0.2) is 13.4 Å². The van der Waals surface area contributed by atoms with Crippen LogP contribution in [0.25, 0.3) is 5.82 Å². The van der Waals surface area contributed by atoms with Gasteiger partial charge in [0.2, 0.25) is 5.55 Å². The van der Waals surface area contributed by atoms with E-state index in [4.69, 9.17) is 33.4 Å². The molecule has 1 aromatic heterocycles. The van der Waals surface area contributed by atoms with Crippen molar-refractivity contribution in [3.05, 3.63) is 75.6 Å². The average Bonchev–Trinajstić information content (AvgIpc) is 3.12. The second-order valence-corrected chi connectivity index (χ2v) is 8.57. The molecule has 10 heteroatoms. The number of nitrogens with two attached hydrogens (primary N) is 1. The van der Waals surface area contributed by atoms with Gasteiger partial charge in [0, 0.05) is 21.4 Å². The van der Waals surface area contributed by atoms with Crippen molar-refractivity contribution >= 4 is 50.4 Å². The molecule has 0 spiro atoms. The third kappa shape index (κ3) is 3.54. The Balaban J connectivity index is 1.59. The second-order valence-electron chi connectivity index (χ2n) is 6.01. The Morgan fingerprint density at radius 2 is 1.75 bits per heavy atom. The van der Waals surface area contributed by atoms with Crippen molar-refractivity contribution in [3.8, 4) is 0 Å². The molecule has 1 aliphatic rings. The van der Waals surface area contributed by atoms with Gasteiger partial charge < -0.3 is 15.1 Å². The monoisotopic (exact) mass is 436 g/mol. The van der Waals surface area contributed by atoms with Crippen LogP contribution in [-0.2, 0) is 10.0 Å². The first kappa shape index (κ1) is 18.7. The average molecular weight is 437 g/mol. The van der Waals surface area contributed by atoms with Crippen LogP contribution in [0, 0.1) is 0 Å². The summed E-state index contributed by atoms with van der Waals surface area (Å²) in [6.07, 6.45) is 1.53. The number of hydrogen-bond acceptors (Lipinski definition) is 6. The number of halogens is 2. The summed E-state index contributed by atoms with van der Waals surface area (Å²) in [5.74, 6) is 0.514. The van der Waals surface area contributed by atoms with Gasteiger partial charge in [-0.15, -0.1) is 0 Å². The lowest BCUT2D eigenvalue weighted by Crippen LogP contribution is -2.42. The summed E-state index contributed by atoms with van der Waals surface area (Å²) in [6.45, 7) is 0.304. The van der Waals surface area contributed by atoms with E-state index in [2.05, 4.69) is 9.71 Å². The number of nitrogens with zero attached hydrogens (tertiary/aromatic N) is 2. The molecule has 1 aliphatic heterocycles. The smallest absolute Gasteiger partial charge is 0.261 e. The van der Waals surface area contributed by atoms with Crippen molar-refractivity contribution in [1.29, 1.82) is 0 Å². The maximum absolute atomic E-state index is 12.6. The van der Waals surface area contributed by atoms with Gasteiger partial charge in [-0.3, -0.25) is 4.72 Å². The van der Waals surface area contributed by atoms with E-state index in [9.17, 15) is 8.42 Å². The van der Waals surface area contributed by atoms with E-state index < -0.39 is 10.0 Å². The van der Waals surface area contributed by atoms with Gasteiger partial charge in [0.15, 0.2) is 0 Å². The molecule has 3 N–H and O–H groups in total. The van der Waals surface area contributed by atoms with Crippen LogP contribution in [0.4, 0.5) is 11.4 Å². The molecule has 2 aromatic carbocycles. The van der Waals surface area contributed by atoms with E-state index in [0.717, 1.165) is 5.69 Å². The first-order chi connectivity index (χ1) is 13.3. The van der Waals surface area contributed by atoms with E-state index in [1.807, 2.05) is 0 Å². The van der Waals surface area contributed by atoms with E-state index in [1.54, 1.807) is 35.2 Å². The van der Waals surface area contributed by atoms with Crippen LogP contribution in [0.2, 0.25) is 10.0 Å². The number of hydrogen-bond donors (Lipinski definition) is 2. The Kier molecular flexibility index (Phi) is 4.70. The highest BCUT2D eigenvalue weighted by atomic mass is 35.5. The van der Waals surface area contributed by atoms with Crippen LogP contribution in [0.1, 0.15) is 0 Å². The molecule has 0 radical (unpaired) electrons. The van der Waals surface area contributed by atoms with Gasteiger partial charge in [-0.2, -0.15) is 0 Å². The van der Waals surface area contributed by atoms with Crippen molar-refractivity contribution < 1.29 is 12.8 Å². The third-order valence-corrected chi connectivity index (χ3v) is 5.94. The van der Waals surface area contributed by atoms with Gasteiger partial charge in [-0.05, 0) is 48.5 Å². The molecule has 0 amide bonds. The van der Waals surface area contributed by atoms with Crippen LogP contribution in [0.15, 0.2) is 69.1 Å². The molecule has 0 saturated heterocycles. The molecule has 28 heavy (non-hydrogen) atoms. The lowest BCUT2D eigenvalue weighted by molar-refractivity contribution is 0.500. The van der Waals surface area contributed by atoms with Crippen molar-refractivity contribution in [2.45, 2.75) is 4.90 Å². The largest absolute Gasteiger partial charge is 0.446 e. The van der Waals surface area contributed by atoms with E-state index in [1.165, 1.54) is 24.5 Å². The number of sulfonamides is 1. The van der Waals surface area contributed by atoms with Crippen molar-refractivity contribution in [3.63, 3.8) is 0 Å². The van der Waals surface area contributed by atoms with Crippen molar-refractivity contribution in [2.75, 3.05) is 16.3 Å². The molecule has 0 atom stereocenters. The maximum Gasteiger partial charge on any atom is 0.261 e. The minimum atomic E-state index is -3.83. The van der Waals surface area contributed by atoms with Crippen molar-refractivity contribution in [2.24, 2.45) is 10.7 Å². The Hall–Kier alpha value is -2.68. The molecular formula is C18H14Cl2N4O3S. The molecule has 4 rings (SSSR count). The number of benzene rings is 2. The summed E-state index contributed by atoms with van der Waals surface area (Å²) in [4.78, 5) is 6.10. The van der Waals surface area contributed by atoms with E-state index in [0.29, 0.717) is 28.9 Å². The molecule has 2 heterocycles. The molecule has 0 saturated carbocycles. The zero-order valence-corrected chi connectivity index (χ0v) is 16.6. The first-order valence-corrected chi connectivity index (χ1v) is 10.3. The molecule has 0 fully saturated rings. The van der Waals surface area contributed by atoms with Crippen molar-refractivity contribution in [1.82, 2.24) is 0 Å². The zero-order valence-electron chi connectivity index (χ0n) is 14.3. The molecule has 0 bridgehead atoms. The van der Waals surface area contributed by atoms with Gasteiger partial charge in [0.05, 0.1) is 16.4 Å². The summed E-state index contributed by atoms with van der Waals surface area (Å²) in [5, 5.41) is 1.19. The highest BCUT2D eigenvalue weighted by Gasteiger charge is 2.18. The summed E-state index contributed by atoms with van der Waals surface area (Å²) in [6, 6.07) is 12.6. The second kappa shape index (κ2) is 7.05. The quantitative estimate of drug-likeness (QED) is 0.653. The van der Waals surface area contributed by atoms with Crippen LogP contribution < -0.4 is 26.1 Å². The number of nitrogens with one attached hydrogen (secondary N) is 1. The number of furan rings is 1. The van der Waals surface area contributed by atoms with E-state index in [-0.39, 0.29) is 14.9 Å². The van der Waals surface area contributed by atoms with Gasteiger partial charge >= 0.3 is 0 Å². The summed E-state index contributed by atoms with van der Waals surface area (Å²) >= 11 is 11.8. The predicted octanol–water partition coefficient (Wildman–Crippen LogP) is 2.51. The Labute approximate surface area is 170 Å². The van der Waals surface area contributed by atoms with Crippen LogP contribution >= 0.6 is 23.2 Å². The molecule has 7 nitrogen and oxygen atoms in total. The topological polar surface area (TPSA) is 101 Å². The van der Waals surface area contributed by atoms with Gasteiger partial charge in [0.25, 0.3) is 10.0 Å². The number of fused-ring (bicyclic) bond motifs is 1. The molecule has 0 aliphatic carbocycles. The van der Waals surface area contributed by atoms with E-state index >= 15 is 0 Å². The SMILES string of the molecule is NC1=c2ccoc2=NCN1c1ccc(NS(=O)(=O)c2cc(Cl)cc(Cl)c2)cc1.